The standard InChI is InChI=1S/C17H24N4OS/c1-17(2,3)13-6-8-14(9-7-13)22-10-11-23-16-20-19-15(21(16)18)12-4-5-12/h6-9,12H,4-5,10-11,18H2,1-3H3. The fourth-order valence-corrected chi connectivity index (χ4v) is 3.03. The highest BCUT2D eigenvalue weighted by Crippen LogP contribution is 2.39. The van der Waals surface area contributed by atoms with Crippen LogP contribution >= 0.6 is 11.8 Å². The van der Waals surface area contributed by atoms with E-state index in [2.05, 4.69) is 43.1 Å². The molecule has 2 N–H and O–H groups in total. The SMILES string of the molecule is CC(C)(C)c1ccc(OCCSc2nnc(C3CC3)n2N)cc1. The maximum absolute atomic E-state index is 6.02. The summed E-state index contributed by atoms with van der Waals surface area (Å²) in [5, 5.41) is 9.09. The summed E-state index contributed by atoms with van der Waals surface area (Å²) in [6.45, 7) is 7.24. The van der Waals surface area contributed by atoms with Crippen LogP contribution in [0.25, 0.3) is 0 Å². The Labute approximate surface area is 141 Å². The molecule has 124 valence electrons. The van der Waals surface area contributed by atoms with Crippen molar-refractivity contribution in [2.75, 3.05) is 18.2 Å². The molecule has 0 unspecified atom stereocenters. The van der Waals surface area contributed by atoms with Crippen LogP contribution in [0.3, 0.4) is 0 Å². The predicted molar refractivity (Wildman–Crippen MR) is 93.5 cm³/mol. The van der Waals surface area contributed by atoms with E-state index >= 15 is 0 Å². The zero-order valence-electron chi connectivity index (χ0n) is 14.0. The maximum atomic E-state index is 6.02. The first-order valence-corrected chi connectivity index (χ1v) is 9.00. The minimum absolute atomic E-state index is 0.166. The zero-order valence-corrected chi connectivity index (χ0v) is 14.8. The molecule has 0 radical (unpaired) electrons. The number of ether oxygens (including phenoxy) is 1. The molecular formula is C17H24N4OS. The Morgan fingerprint density at radius 2 is 1.91 bits per heavy atom. The second-order valence-electron chi connectivity index (χ2n) is 6.96. The lowest BCUT2D eigenvalue weighted by atomic mass is 9.87. The van der Waals surface area contributed by atoms with Crippen molar-refractivity contribution in [3.8, 4) is 5.75 Å². The molecule has 0 aliphatic heterocycles. The Morgan fingerprint density at radius 1 is 1.22 bits per heavy atom. The summed E-state index contributed by atoms with van der Waals surface area (Å²) >= 11 is 1.58. The van der Waals surface area contributed by atoms with Gasteiger partial charge >= 0.3 is 0 Å². The number of thioether (sulfide) groups is 1. The van der Waals surface area contributed by atoms with Gasteiger partial charge in [-0.2, -0.15) is 0 Å². The van der Waals surface area contributed by atoms with E-state index < -0.39 is 0 Å². The molecule has 1 aliphatic carbocycles. The van der Waals surface area contributed by atoms with E-state index in [1.165, 1.54) is 18.4 Å². The molecule has 1 fully saturated rings. The molecule has 1 heterocycles. The Hall–Kier alpha value is -1.69. The van der Waals surface area contributed by atoms with Crippen LogP contribution in [0.2, 0.25) is 0 Å². The van der Waals surface area contributed by atoms with Crippen molar-refractivity contribution in [1.82, 2.24) is 14.9 Å². The molecule has 1 saturated carbocycles. The van der Waals surface area contributed by atoms with E-state index in [4.69, 9.17) is 10.6 Å². The van der Waals surface area contributed by atoms with E-state index in [1.54, 1.807) is 16.4 Å². The number of nitrogens with two attached hydrogens (primary N) is 1. The summed E-state index contributed by atoms with van der Waals surface area (Å²) < 4.78 is 7.41. The first-order chi connectivity index (χ1) is 10.9. The minimum Gasteiger partial charge on any atom is -0.493 e. The van der Waals surface area contributed by atoms with Crippen LogP contribution in [0.5, 0.6) is 5.75 Å². The van der Waals surface area contributed by atoms with Crippen molar-refractivity contribution in [2.45, 2.75) is 50.1 Å². The van der Waals surface area contributed by atoms with Gasteiger partial charge in [-0.3, -0.25) is 0 Å². The minimum atomic E-state index is 0.166. The monoisotopic (exact) mass is 332 g/mol. The first kappa shape index (κ1) is 16.2. The van der Waals surface area contributed by atoms with Crippen molar-refractivity contribution < 1.29 is 4.74 Å². The van der Waals surface area contributed by atoms with Crippen molar-refractivity contribution in [2.24, 2.45) is 0 Å². The van der Waals surface area contributed by atoms with Gasteiger partial charge in [0.2, 0.25) is 5.16 Å². The molecule has 6 heteroatoms. The van der Waals surface area contributed by atoms with Gasteiger partial charge in [-0.15, -0.1) is 10.2 Å². The highest BCUT2D eigenvalue weighted by Gasteiger charge is 2.29. The maximum Gasteiger partial charge on any atom is 0.209 e. The number of benzene rings is 1. The van der Waals surface area contributed by atoms with E-state index in [0.29, 0.717) is 12.5 Å². The number of aromatic nitrogens is 3. The summed E-state index contributed by atoms with van der Waals surface area (Å²) in [5.74, 6) is 9.13. The quantitative estimate of drug-likeness (QED) is 0.499. The highest BCUT2D eigenvalue weighted by molar-refractivity contribution is 7.99. The van der Waals surface area contributed by atoms with Gasteiger partial charge in [0.25, 0.3) is 0 Å². The molecule has 3 rings (SSSR count). The van der Waals surface area contributed by atoms with Gasteiger partial charge in [-0.25, -0.2) is 4.68 Å². The molecular weight excluding hydrogens is 308 g/mol. The molecule has 0 bridgehead atoms. The van der Waals surface area contributed by atoms with Crippen LogP contribution in [0.1, 0.15) is 50.9 Å². The summed E-state index contributed by atoms with van der Waals surface area (Å²) in [6.07, 6.45) is 2.35. The molecule has 2 aromatic rings. The van der Waals surface area contributed by atoms with Gasteiger partial charge in [0.15, 0.2) is 5.82 Å². The van der Waals surface area contributed by atoms with Crippen molar-refractivity contribution in [3.05, 3.63) is 35.7 Å². The number of hydrogen-bond donors (Lipinski definition) is 1. The number of hydrogen-bond acceptors (Lipinski definition) is 5. The van der Waals surface area contributed by atoms with E-state index in [1.807, 2.05) is 12.1 Å². The summed E-state index contributed by atoms with van der Waals surface area (Å²) in [7, 11) is 0. The third kappa shape index (κ3) is 3.99. The number of nitrogen functional groups attached to an aromatic ring is 1. The fourth-order valence-electron chi connectivity index (χ4n) is 2.35. The number of rotatable bonds is 6. The van der Waals surface area contributed by atoms with Gasteiger partial charge in [-0.1, -0.05) is 44.7 Å². The molecule has 1 aliphatic rings. The van der Waals surface area contributed by atoms with Crippen LogP contribution in [-0.4, -0.2) is 27.2 Å². The second-order valence-corrected chi connectivity index (χ2v) is 8.02. The Morgan fingerprint density at radius 3 is 2.52 bits per heavy atom. The van der Waals surface area contributed by atoms with Crippen LogP contribution < -0.4 is 10.6 Å². The summed E-state index contributed by atoms with van der Waals surface area (Å²) in [4.78, 5) is 0. The van der Waals surface area contributed by atoms with Crippen molar-refractivity contribution in [1.29, 1.82) is 0 Å². The molecule has 1 aromatic carbocycles. The summed E-state index contributed by atoms with van der Waals surface area (Å²) in [5.41, 5.74) is 1.47. The molecule has 1 aromatic heterocycles. The average molecular weight is 332 g/mol. The third-order valence-corrected chi connectivity index (χ3v) is 4.84. The third-order valence-electron chi connectivity index (χ3n) is 3.94. The topological polar surface area (TPSA) is 66.0 Å². The van der Waals surface area contributed by atoms with E-state index in [-0.39, 0.29) is 5.41 Å². The second kappa shape index (κ2) is 6.43. The number of nitrogens with zero attached hydrogens (tertiary/aromatic N) is 3. The Kier molecular flexibility index (Phi) is 4.53. The first-order valence-electron chi connectivity index (χ1n) is 8.01. The van der Waals surface area contributed by atoms with Crippen molar-refractivity contribution in [3.63, 3.8) is 0 Å². The smallest absolute Gasteiger partial charge is 0.209 e. The Balaban J connectivity index is 1.46. The van der Waals surface area contributed by atoms with Crippen molar-refractivity contribution >= 4 is 11.8 Å². The van der Waals surface area contributed by atoms with Crippen LogP contribution in [0.15, 0.2) is 29.4 Å². The lowest BCUT2D eigenvalue weighted by Gasteiger charge is -2.19. The average Bonchev–Trinajstić information content (AvgIpc) is 3.28. The van der Waals surface area contributed by atoms with E-state index in [0.717, 1.165) is 22.5 Å². The van der Waals surface area contributed by atoms with Gasteiger partial charge < -0.3 is 10.6 Å². The normalized spacial score (nSPS) is 14.9. The lowest BCUT2D eigenvalue weighted by Crippen LogP contribution is -2.14. The summed E-state index contributed by atoms with van der Waals surface area (Å²) in [6, 6.07) is 8.31. The van der Waals surface area contributed by atoms with Gasteiger partial charge in [-0.05, 0) is 36.0 Å². The van der Waals surface area contributed by atoms with Gasteiger partial charge in [0.1, 0.15) is 5.75 Å². The molecule has 0 saturated heterocycles. The zero-order chi connectivity index (χ0) is 16.4. The van der Waals surface area contributed by atoms with Crippen LogP contribution in [0, 0.1) is 0 Å². The molecule has 0 amide bonds. The molecule has 0 atom stereocenters. The fraction of sp³-hybridized carbons (Fsp3) is 0.529. The molecule has 23 heavy (non-hydrogen) atoms. The predicted octanol–water partition coefficient (Wildman–Crippen LogP) is 3.34. The lowest BCUT2D eigenvalue weighted by molar-refractivity contribution is 0.343. The highest BCUT2D eigenvalue weighted by atomic mass is 32.2. The van der Waals surface area contributed by atoms with Crippen LogP contribution in [-0.2, 0) is 5.41 Å². The largest absolute Gasteiger partial charge is 0.493 e. The van der Waals surface area contributed by atoms with E-state index in [9.17, 15) is 0 Å². The van der Waals surface area contributed by atoms with Gasteiger partial charge in [0.05, 0.1) is 6.61 Å². The molecule has 5 nitrogen and oxygen atoms in total. The Bertz CT molecular complexity index is 656. The van der Waals surface area contributed by atoms with Crippen LogP contribution in [0.4, 0.5) is 0 Å². The molecule has 0 spiro atoms. The van der Waals surface area contributed by atoms with Gasteiger partial charge in [0, 0.05) is 11.7 Å².